The Morgan fingerprint density at radius 2 is 1.54 bits per heavy atom. The zero-order valence-electron chi connectivity index (χ0n) is 22.4. The van der Waals surface area contributed by atoms with E-state index >= 15 is 0 Å². The minimum absolute atomic E-state index is 0.0797. The van der Waals surface area contributed by atoms with Crippen molar-refractivity contribution in [2.24, 2.45) is 0 Å². The fourth-order valence-electron chi connectivity index (χ4n) is 3.82. The Morgan fingerprint density at radius 1 is 0.943 bits per heavy atom. The number of allylic oxidation sites excluding steroid dienone is 4. The van der Waals surface area contributed by atoms with Crippen molar-refractivity contribution in [2.75, 3.05) is 40.3 Å². The van der Waals surface area contributed by atoms with E-state index in [2.05, 4.69) is 41.1 Å². The van der Waals surface area contributed by atoms with Crippen LogP contribution in [0.5, 0.6) is 0 Å². The monoisotopic (exact) mass is 519 g/mol. The van der Waals surface area contributed by atoms with Crippen LogP contribution in [0, 0.1) is 0 Å². The van der Waals surface area contributed by atoms with E-state index in [-0.39, 0.29) is 5.91 Å². The van der Waals surface area contributed by atoms with Crippen molar-refractivity contribution in [1.82, 2.24) is 5.32 Å². The van der Waals surface area contributed by atoms with Crippen LogP contribution in [0.3, 0.4) is 0 Å². The Balaban J connectivity index is 3.62. The molecule has 0 rings (SSSR count). The number of aliphatic hydroxyl groups is 1. The first kappa shape index (κ1) is 34.0. The van der Waals surface area contributed by atoms with E-state index in [1.165, 1.54) is 38.5 Å². The van der Waals surface area contributed by atoms with Gasteiger partial charge in [-0.25, -0.2) is 4.57 Å². The van der Waals surface area contributed by atoms with E-state index in [0.717, 1.165) is 45.1 Å². The second kappa shape index (κ2) is 21.1. The lowest BCUT2D eigenvalue weighted by Gasteiger charge is -2.31. The van der Waals surface area contributed by atoms with Gasteiger partial charge in [0.15, 0.2) is 0 Å². The topological polar surface area (TPSA) is 116 Å². The molecule has 0 aromatic rings. The van der Waals surface area contributed by atoms with Gasteiger partial charge in [0.05, 0.1) is 27.2 Å². The second-order valence-electron chi connectivity index (χ2n) is 9.97. The number of carbonyl (C=O) groups excluding carboxylic acids is 1. The first-order valence-corrected chi connectivity index (χ1v) is 14.9. The average Bonchev–Trinajstić information content (AvgIpc) is 2.77. The van der Waals surface area contributed by atoms with Crippen molar-refractivity contribution in [3.63, 3.8) is 0 Å². The van der Waals surface area contributed by atoms with Crippen molar-refractivity contribution < 1.29 is 33.3 Å². The van der Waals surface area contributed by atoms with Gasteiger partial charge in [0.1, 0.15) is 12.6 Å². The number of aliphatic hydroxyl groups excluding tert-OH is 1. The summed E-state index contributed by atoms with van der Waals surface area (Å²) in [4.78, 5) is 29.4. The number of hydrogen-bond donors (Lipinski definition) is 4. The van der Waals surface area contributed by atoms with Crippen LogP contribution in [0.25, 0.3) is 0 Å². The minimum Gasteiger partial charge on any atom is -0.385 e. The Kier molecular flexibility index (Phi) is 20.5. The Bertz CT molecular complexity index is 633. The predicted octanol–water partition coefficient (Wildman–Crippen LogP) is 4.85. The SMILES string of the molecule is CCCCC/C=C/C/C=C/CCCCCCCC(=O)NCCC[N+](C)(C)CC(O)COP(=O)(O)O. The highest BCUT2D eigenvalue weighted by Gasteiger charge is 2.23. The molecule has 0 aliphatic heterocycles. The summed E-state index contributed by atoms with van der Waals surface area (Å²) < 4.78 is 15.5. The van der Waals surface area contributed by atoms with Crippen LogP contribution in [0.15, 0.2) is 24.3 Å². The second-order valence-corrected chi connectivity index (χ2v) is 11.2. The summed E-state index contributed by atoms with van der Waals surface area (Å²) >= 11 is 0. The number of likely N-dealkylation sites (N-methyl/N-ethyl adjacent to an activating group) is 1. The standard InChI is InChI=1S/C26H51N2O6P/c1-4-5-6-7-8-9-10-11-12-13-14-15-16-17-18-20-26(30)27-21-19-22-28(2,3)23-25(29)24-34-35(31,32)33/h8-9,11-12,25,29H,4-7,10,13-24H2,1-3H3,(H2-,27,30,31,32,33)/p+1/b9-8+,12-11+. The highest BCUT2D eigenvalue weighted by molar-refractivity contribution is 7.46. The molecule has 9 heteroatoms. The number of unbranched alkanes of at least 4 members (excludes halogenated alkanes) is 8. The Labute approximate surface area is 213 Å². The number of nitrogens with zero attached hydrogens (tertiary/aromatic N) is 1. The Morgan fingerprint density at radius 3 is 2.17 bits per heavy atom. The van der Waals surface area contributed by atoms with Crippen molar-refractivity contribution in [2.45, 2.75) is 96.5 Å². The molecule has 0 fully saturated rings. The van der Waals surface area contributed by atoms with Crippen LogP contribution in [0.2, 0.25) is 0 Å². The van der Waals surface area contributed by atoms with E-state index < -0.39 is 20.5 Å². The van der Waals surface area contributed by atoms with Crippen LogP contribution in [-0.2, 0) is 13.9 Å². The number of phosphoric ester groups is 1. The van der Waals surface area contributed by atoms with Gasteiger partial charge in [-0.2, -0.15) is 0 Å². The van der Waals surface area contributed by atoms with Gasteiger partial charge in [-0.3, -0.25) is 9.32 Å². The van der Waals surface area contributed by atoms with E-state index in [4.69, 9.17) is 9.79 Å². The van der Waals surface area contributed by atoms with Gasteiger partial charge in [-0.05, 0) is 38.5 Å². The molecular weight excluding hydrogens is 467 g/mol. The molecule has 0 aliphatic rings. The molecule has 1 unspecified atom stereocenters. The van der Waals surface area contributed by atoms with Crippen LogP contribution in [0.4, 0.5) is 0 Å². The molecule has 35 heavy (non-hydrogen) atoms. The third-order valence-electron chi connectivity index (χ3n) is 5.76. The smallest absolute Gasteiger partial charge is 0.385 e. The molecule has 0 saturated heterocycles. The minimum atomic E-state index is -4.57. The van der Waals surface area contributed by atoms with E-state index in [1.54, 1.807) is 0 Å². The Hall–Kier alpha value is -1.02. The van der Waals surface area contributed by atoms with Gasteiger partial charge in [-0.15, -0.1) is 0 Å². The molecule has 0 heterocycles. The van der Waals surface area contributed by atoms with E-state index in [0.29, 0.717) is 24.0 Å². The summed E-state index contributed by atoms with van der Waals surface area (Å²) in [7, 11) is -0.726. The first-order valence-electron chi connectivity index (χ1n) is 13.3. The number of hydrogen-bond acceptors (Lipinski definition) is 4. The lowest BCUT2D eigenvalue weighted by Crippen LogP contribution is -2.47. The van der Waals surface area contributed by atoms with Crippen molar-refractivity contribution in [3.8, 4) is 0 Å². The van der Waals surface area contributed by atoms with Crippen LogP contribution in [-0.4, -0.2) is 71.7 Å². The summed E-state index contributed by atoms with van der Waals surface area (Å²) in [6, 6.07) is 0. The predicted molar refractivity (Wildman–Crippen MR) is 143 cm³/mol. The maximum atomic E-state index is 12.0. The third-order valence-corrected chi connectivity index (χ3v) is 6.24. The van der Waals surface area contributed by atoms with Crippen LogP contribution >= 0.6 is 7.82 Å². The molecule has 0 radical (unpaired) electrons. The first-order chi connectivity index (χ1) is 16.6. The number of nitrogens with one attached hydrogen (secondary N) is 1. The summed E-state index contributed by atoms with van der Waals surface area (Å²) in [5, 5.41) is 12.8. The lowest BCUT2D eigenvalue weighted by molar-refractivity contribution is -0.893. The molecule has 1 amide bonds. The maximum absolute atomic E-state index is 12.0. The van der Waals surface area contributed by atoms with Crippen LogP contribution < -0.4 is 5.32 Å². The number of phosphoric acid groups is 1. The number of carbonyl (C=O) groups is 1. The molecule has 0 bridgehead atoms. The van der Waals surface area contributed by atoms with Crippen molar-refractivity contribution >= 4 is 13.7 Å². The summed E-state index contributed by atoms with van der Waals surface area (Å²) in [6.45, 7) is 3.43. The highest BCUT2D eigenvalue weighted by atomic mass is 31.2. The van der Waals surface area contributed by atoms with Crippen molar-refractivity contribution in [3.05, 3.63) is 24.3 Å². The van der Waals surface area contributed by atoms with E-state index in [1.807, 2.05) is 14.1 Å². The molecule has 0 aromatic heterocycles. The molecule has 8 nitrogen and oxygen atoms in total. The lowest BCUT2D eigenvalue weighted by atomic mass is 10.1. The van der Waals surface area contributed by atoms with Gasteiger partial charge in [-0.1, -0.05) is 63.3 Å². The van der Waals surface area contributed by atoms with E-state index in [9.17, 15) is 14.5 Å². The fourth-order valence-corrected chi connectivity index (χ4v) is 4.18. The molecule has 1 atom stereocenters. The molecule has 0 spiro atoms. The number of quaternary nitrogens is 1. The summed E-state index contributed by atoms with van der Waals surface area (Å²) in [6.07, 6.45) is 22.3. The molecule has 0 aliphatic carbocycles. The van der Waals surface area contributed by atoms with Gasteiger partial charge in [0.25, 0.3) is 0 Å². The van der Waals surface area contributed by atoms with Gasteiger partial charge < -0.3 is 24.7 Å². The molecule has 4 N–H and O–H groups in total. The highest BCUT2D eigenvalue weighted by Crippen LogP contribution is 2.35. The molecular formula is C26H52N2O6P+. The molecule has 0 aromatic carbocycles. The number of rotatable bonds is 23. The number of amides is 1. The zero-order chi connectivity index (χ0) is 26.4. The van der Waals surface area contributed by atoms with Gasteiger partial charge in [0, 0.05) is 19.4 Å². The molecule has 206 valence electrons. The third kappa shape index (κ3) is 25.9. The average molecular weight is 520 g/mol. The zero-order valence-corrected chi connectivity index (χ0v) is 23.3. The normalized spacial score (nSPS) is 13.7. The molecule has 0 saturated carbocycles. The van der Waals surface area contributed by atoms with Gasteiger partial charge >= 0.3 is 7.82 Å². The quantitative estimate of drug-likeness (QED) is 0.0664. The van der Waals surface area contributed by atoms with Crippen molar-refractivity contribution in [1.29, 1.82) is 0 Å². The summed E-state index contributed by atoms with van der Waals surface area (Å²) in [5.74, 6) is 0.0797. The summed E-state index contributed by atoms with van der Waals surface area (Å²) in [5.41, 5.74) is 0. The maximum Gasteiger partial charge on any atom is 0.469 e. The fraction of sp³-hybridized carbons (Fsp3) is 0.808. The van der Waals surface area contributed by atoms with Gasteiger partial charge in [0.2, 0.25) is 5.91 Å². The van der Waals surface area contributed by atoms with Crippen LogP contribution in [0.1, 0.15) is 90.4 Å². The largest absolute Gasteiger partial charge is 0.469 e.